The molecular weight excluding hydrogens is 365 g/mol. The van der Waals surface area contributed by atoms with Gasteiger partial charge in [0.15, 0.2) is 0 Å². The lowest BCUT2D eigenvalue weighted by atomic mass is 9.80. The molecule has 6 nitrogen and oxygen atoms in total. The minimum atomic E-state index is -4.28. The number of carbonyl (C=O) groups excluding carboxylic acids is 1. The van der Waals surface area contributed by atoms with E-state index >= 15 is 0 Å². The monoisotopic (exact) mass is 383 g/mol. The number of halogens is 5. The number of aliphatic hydroxyl groups is 1. The van der Waals surface area contributed by atoms with Gasteiger partial charge in [-0.3, -0.25) is 0 Å². The number of urea groups is 1. The molecule has 1 saturated carbocycles. The minimum absolute atomic E-state index is 0.210. The van der Waals surface area contributed by atoms with Gasteiger partial charge < -0.3 is 20.5 Å². The topological polar surface area (TPSA) is 83.5 Å². The zero-order chi connectivity index (χ0) is 19.5. The zero-order valence-electron chi connectivity index (χ0n) is 13.6. The summed E-state index contributed by atoms with van der Waals surface area (Å²) in [6, 6.07) is 0.143. The third kappa shape index (κ3) is 5.41. The fraction of sp³-hybridized carbons (Fsp3) is 0.600. The van der Waals surface area contributed by atoms with Gasteiger partial charge in [0.2, 0.25) is 5.88 Å². The lowest BCUT2D eigenvalue weighted by Gasteiger charge is -2.37. The number of hydrogen-bond acceptors (Lipinski definition) is 4. The van der Waals surface area contributed by atoms with Gasteiger partial charge >= 0.3 is 18.8 Å². The molecule has 0 bridgehead atoms. The molecule has 1 aromatic heterocycles. The number of aromatic nitrogens is 1. The number of carbonyl (C=O) groups is 1. The minimum Gasteiger partial charge on any atom is -0.417 e. The molecule has 3 N–H and O–H groups in total. The van der Waals surface area contributed by atoms with E-state index in [-0.39, 0.29) is 18.4 Å². The van der Waals surface area contributed by atoms with Crippen LogP contribution in [-0.2, 0) is 0 Å². The summed E-state index contributed by atoms with van der Waals surface area (Å²) in [5, 5.41) is 14.6. The van der Waals surface area contributed by atoms with Crippen LogP contribution >= 0.6 is 0 Å². The SMILES string of the molecule is C[C@@H](O)C(NC(=O)N[C@H]1C[C@H](C(F)(F)F)C1)c1ccnc(OC(F)F)c1. The Kier molecular flexibility index (Phi) is 6.21. The van der Waals surface area contributed by atoms with Crippen molar-refractivity contribution < 1.29 is 36.6 Å². The molecule has 2 atom stereocenters. The van der Waals surface area contributed by atoms with Crippen LogP contribution in [0.2, 0.25) is 0 Å². The first-order valence-electron chi connectivity index (χ1n) is 7.79. The molecule has 0 aromatic carbocycles. The fourth-order valence-corrected chi connectivity index (χ4v) is 2.63. The highest BCUT2D eigenvalue weighted by Crippen LogP contribution is 2.40. The molecule has 1 unspecified atom stereocenters. The van der Waals surface area contributed by atoms with Crippen LogP contribution in [0, 0.1) is 5.92 Å². The van der Waals surface area contributed by atoms with Gasteiger partial charge in [0.05, 0.1) is 18.1 Å². The number of ether oxygens (including phenoxy) is 1. The number of nitrogens with zero attached hydrogens (tertiary/aromatic N) is 1. The van der Waals surface area contributed by atoms with Gasteiger partial charge in [-0.05, 0) is 31.4 Å². The van der Waals surface area contributed by atoms with Gasteiger partial charge in [-0.25, -0.2) is 9.78 Å². The van der Waals surface area contributed by atoms with Gasteiger partial charge in [-0.2, -0.15) is 22.0 Å². The maximum absolute atomic E-state index is 12.4. The predicted molar refractivity (Wildman–Crippen MR) is 79.5 cm³/mol. The van der Waals surface area contributed by atoms with E-state index in [1.54, 1.807) is 0 Å². The maximum Gasteiger partial charge on any atom is 0.391 e. The van der Waals surface area contributed by atoms with E-state index in [1.807, 2.05) is 0 Å². The maximum atomic E-state index is 12.4. The standard InChI is InChI=1S/C15H18F5N3O3/c1-7(24)12(8-2-3-21-11(4-8)26-13(16)17)23-14(25)22-10-5-9(6-10)15(18,19)20/h2-4,7,9-10,12-13,24H,5-6H2,1H3,(H2,22,23,25)/t7-,9-,10-,12?/m1/s1. The van der Waals surface area contributed by atoms with Crippen molar-refractivity contribution in [3.8, 4) is 5.88 Å². The van der Waals surface area contributed by atoms with Crippen LogP contribution in [0.1, 0.15) is 31.4 Å². The largest absolute Gasteiger partial charge is 0.417 e. The second-order valence-corrected chi connectivity index (χ2v) is 6.05. The van der Waals surface area contributed by atoms with Crippen molar-refractivity contribution in [2.75, 3.05) is 0 Å². The first-order valence-corrected chi connectivity index (χ1v) is 7.79. The molecule has 1 heterocycles. The van der Waals surface area contributed by atoms with Crippen LogP contribution in [0.15, 0.2) is 18.3 Å². The average Bonchev–Trinajstić information content (AvgIpc) is 2.46. The smallest absolute Gasteiger partial charge is 0.391 e. The lowest BCUT2D eigenvalue weighted by Crippen LogP contribution is -2.52. The third-order valence-corrected chi connectivity index (χ3v) is 4.03. The van der Waals surface area contributed by atoms with E-state index in [0.29, 0.717) is 0 Å². The Morgan fingerprint density at radius 3 is 2.58 bits per heavy atom. The third-order valence-electron chi connectivity index (χ3n) is 4.03. The molecule has 1 aliphatic rings. The summed E-state index contributed by atoms with van der Waals surface area (Å²) in [4.78, 5) is 15.6. The summed E-state index contributed by atoms with van der Waals surface area (Å²) in [6.45, 7) is -1.72. The van der Waals surface area contributed by atoms with Crippen LogP contribution in [0.4, 0.5) is 26.7 Å². The van der Waals surface area contributed by atoms with Crippen molar-refractivity contribution in [1.82, 2.24) is 15.6 Å². The Bertz CT molecular complexity index is 621. The molecule has 1 fully saturated rings. The van der Waals surface area contributed by atoms with E-state index in [4.69, 9.17) is 0 Å². The normalized spacial score (nSPS) is 22.3. The Labute approximate surface area is 145 Å². The number of aliphatic hydroxyl groups excluding tert-OH is 1. The van der Waals surface area contributed by atoms with Gasteiger partial charge in [0.25, 0.3) is 0 Å². The fourth-order valence-electron chi connectivity index (χ4n) is 2.63. The Morgan fingerprint density at radius 1 is 1.38 bits per heavy atom. The molecule has 0 aliphatic heterocycles. The second kappa shape index (κ2) is 8.02. The lowest BCUT2D eigenvalue weighted by molar-refractivity contribution is -0.198. The highest BCUT2D eigenvalue weighted by atomic mass is 19.4. The molecule has 0 radical (unpaired) electrons. The van der Waals surface area contributed by atoms with E-state index in [1.165, 1.54) is 19.2 Å². The van der Waals surface area contributed by atoms with E-state index < -0.39 is 48.8 Å². The van der Waals surface area contributed by atoms with Crippen LogP contribution in [0.25, 0.3) is 0 Å². The highest BCUT2D eigenvalue weighted by Gasteiger charge is 2.48. The average molecular weight is 383 g/mol. The van der Waals surface area contributed by atoms with Crippen LogP contribution in [0.5, 0.6) is 5.88 Å². The number of pyridine rings is 1. The molecule has 1 aromatic rings. The molecule has 2 amide bonds. The van der Waals surface area contributed by atoms with Crippen molar-refractivity contribution in [3.63, 3.8) is 0 Å². The molecule has 26 heavy (non-hydrogen) atoms. The van der Waals surface area contributed by atoms with Crippen LogP contribution < -0.4 is 15.4 Å². The molecule has 0 spiro atoms. The van der Waals surface area contributed by atoms with E-state index in [2.05, 4.69) is 20.4 Å². The summed E-state index contributed by atoms with van der Waals surface area (Å²) in [5.74, 6) is -1.83. The quantitative estimate of drug-likeness (QED) is 0.660. The van der Waals surface area contributed by atoms with Crippen molar-refractivity contribution in [2.45, 2.75) is 50.7 Å². The van der Waals surface area contributed by atoms with Crippen molar-refractivity contribution in [2.24, 2.45) is 5.92 Å². The summed E-state index contributed by atoms with van der Waals surface area (Å²) in [6.07, 6.45) is -4.64. The number of rotatable bonds is 6. The van der Waals surface area contributed by atoms with E-state index in [0.717, 1.165) is 6.07 Å². The van der Waals surface area contributed by atoms with Gasteiger partial charge in [-0.1, -0.05) is 0 Å². The van der Waals surface area contributed by atoms with Gasteiger partial charge in [-0.15, -0.1) is 0 Å². The molecule has 0 saturated heterocycles. The van der Waals surface area contributed by atoms with Crippen molar-refractivity contribution in [1.29, 1.82) is 0 Å². The predicted octanol–water partition coefficient (Wildman–Crippen LogP) is 2.75. The molecule has 1 aliphatic carbocycles. The highest BCUT2D eigenvalue weighted by molar-refractivity contribution is 5.75. The van der Waals surface area contributed by atoms with Gasteiger partial charge in [0.1, 0.15) is 0 Å². The first-order chi connectivity index (χ1) is 12.1. The first kappa shape index (κ1) is 20.1. The summed E-state index contributed by atoms with van der Waals surface area (Å²) < 4.78 is 66.0. The number of hydrogen-bond donors (Lipinski definition) is 3. The summed E-state index contributed by atoms with van der Waals surface area (Å²) in [5.41, 5.74) is 0.252. The molecule has 2 rings (SSSR count). The molecule has 11 heteroatoms. The Hall–Kier alpha value is -2.17. The number of amides is 2. The van der Waals surface area contributed by atoms with Crippen molar-refractivity contribution >= 4 is 6.03 Å². The second-order valence-electron chi connectivity index (χ2n) is 6.05. The number of nitrogens with one attached hydrogen (secondary N) is 2. The Balaban J connectivity index is 1.95. The van der Waals surface area contributed by atoms with E-state index in [9.17, 15) is 31.9 Å². The summed E-state index contributed by atoms with van der Waals surface area (Å²) >= 11 is 0. The summed E-state index contributed by atoms with van der Waals surface area (Å²) in [7, 11) is 0. The van der Waals surface area contributed by atoms with Gasteiger partial charge in [0, 0.05) is 18.3 Å². The molecular formula is C15H18F5N3O3. The van der Waals surface area contributed by atoms with Crippen molar-refractivity contribution in [3.05, 3.63) is 23.9 Å². The van der Waals surface area contributed by atoms with Crippen LogP contribution in [-0.4, -0.2) is 41.1 Å². The Morgan fingerprint density at radius 2 is 2.04 bits per heavy atom. The zero-order valence-corrected chi connectivity index (χ0v) is 13.6. The van der Waals surface area contributed by atoms with Crippen LogP contribution in [0.3, 0.4) is 0 Å². The molecule has 146 valence electrons. The number of alkyl halides is 5.